The van der Waals surface area contributed by atoms with Crippen molar-refractivity contribution < 1.29 is 19.8 Å². The number of carbonyl (C=O) groups excluding carboxylic acids is 1. The Morgan fingerprint density at radius 2 is 2.03 bits per heavy atom. The number of para-hydroxylation sites is 1. The Morgan fingerprint density at radius 3 is 2.79 bits per heavy atom. The van der Waals surface area contributed by atoms with Crippen LogP contribution in [-0.2, 0) is 20.4 Å². The Bertz CT molecular complexity index is 1240. The number of hydrazone groups is 2. The molecule has 1 amide bonds. The van der Waals surface area contributed by atoms with Gasteiger partial charge in [-0.2, -0.15) is 10.2 Å². The third kappa shape index (κ3) is 4.98. The monoisotopic (exact) mass is 572 g/mol. The maximum absolute atomic E-state index is 12.6. The van der Waals surface area contributed by atoms with Gasteiger partial charge in [0.2, 0.25) is 0 Å². The number of aryl methyl sites for hydroxylation is 1. The van der Waals surface area contributed by atoms with E-state index in [9.17, 15) is 14.7 Å². The van der Waals surface area contributed by atoms with Gasteiger partial charge in [0.15, 0.2) is 5.71 Å². The van der Waals surface area contributed by atoms with Crippen LogP contribution >= 0.6 is 22.6 Å². The minimum Gasteiger partial charge on any atom is -0.505 e. The van der Waals surface area contributed by atoms with E-state index in [0.29, 0.717) is 17.8 Å². The number of rotatable bonds is 8. The van der Waals surface area contributed by atoms with Gasteiger partial charge in [-0.25, -0.2) is 5.01 Å². The molecule has 0 bridgehead atoms. The van der Waals surface area contributed by atoms with Gasteiger partial charge < -0.3 is 10.2 Å². The van der Waals surface area contributed by atoms with Crippen LogP contribution in [-0.4, -0.2) is 45.1 Å². The van der Waals surface area contributed by atoms with Crippen molar-refractivity contribution in [2.45, 2.75) is 37.0 Å². The van der Waals surface area contributed by atoms with Gasteiger partial charge >= 0.3 is 5.97 Å². The van der Waals surface area contributed by atoms with E-state index in [-0.39, 0.29) is 24.4 Å². The summed E-state index contributed by atoms with van der Waals surface area (Å²) in [6.07, 6.45) is 4.15. The number of carbonyl (C=O) groups is 2. The quantitative estimate of drug-likeness (QED) is 0.184. The molecule has 1 aliphatic heterocycles. The van der Waals surface area contributed by atoms with Crippen LogP contribution < -0.4 is 5.43 Å². The summed E-state index contributed by atoms with van der Waals surface area (Å²) in [4.78, 5) is 23.3. The summed E-state index contributed by atoms with van der Waals surface area (Å²) in [5.41, 5.74) is 9.39. The number of benzene rings is 2. The predicted molar refractivity (Wildman–Crippen MR) is 141 cm³/mol. The average molecular weight is 572 g/mol. The first-order chi connectivity index (χ1) is 16.4. The number of allylic oxidation sites excluding steroid dienone is 1. The van der Waals surface area contributed by atoms with Crippen molar-refractivity contribution in [2.24, 2.45) is 10.2 Å². The molecule has 34 heavy (non-hydrogen) atoms. The van der Waals surface area contributed by atoms with Gasteiger partial charge in [-0.05, 0) is 54.5 Å². The molecule has 0 saturated heterocycles. The molecule has 1 aliphatic carbocycles. The van der Waals surface area contributed by atoms with E-state index < -0.39 is 11.9 Å². The fourth-order valence-corrected chi connectivity index (χ4v) is 4.80. The number of anilines is 1. The molecule has 0 atom stereocenters. The number of aliphatic carboxylic acids is 1. The smallest absolute Gasteiger partial charge is 0.303 e. The van der Waals surface area contributed by atoms with Crippen molar-refractivity contribution in [1.82, 2.24) is 5.01 Å². The lowest BCUT2D eigenvalue weighted by atomic mass is 9.86. The van der Waals surface area contributed by atoms with E-state index in [0.717, 1.165) is 28.4 Å². The van der Waals surface area contributed by atoms with Crippen molar-refractivity contribution >= 4 is 63.2 Å². The van der Waals surface area contributed by atoms with Crippen molar-refractivity contribution in [3.63, 3.8) is 0 Å². The number of hydrogen-bond acceptors (Lipinski definition) is 6. The lowest BCUT2D eigenvalue weighted by Crippen LogP contribution is -2.29. The van der Waals surface area contributed by atoms with Crippen molar-refractivity contribution in [3.8, 4) is 5.75 Å². The van der Waals surface area contributed by atoms with Crippen LogP contribution in [0.4, 0.5) is 5.69 Å². The van der Waals surface area contributed by atoms with Crippen molar-refractivity contribution in [1.29, 1.82) is 0 Å². The minimum atomic E-state index is -0.916. The highest BCUT2D eigenvalue weighted by molar-refractivity contribution is 14.1. The highest BCUT2D eigenvalue weighted by Crippen LogP contribution is 2.39. The fraction of sp³-hybridized carbons (Fsp3) is 0.280. The summed E-state index contributed by atoms with van der Waals surface area (Å²) in [6, 6.07) is 11.8. The summed E-state index contributed by atoms with van der Waals surface area (Å²) in [5.74, 6) is -1.24. The van der Waals surface area contributed by atoms with Crippen LogP contribution in [0.1, 0.15) is 48.4 Å². The van der Waals surface area contributed by atoms with Crippen LogP contribution in [0.5, 0.6) is 5.75 Å². The maximum atomic E-state index is 12.6. The second-order valence-electron chi connectivity index (χ2n) is 8.18. The highest BCUT2D eigenvalue weighted by Gasteiger charge is 2.29. The minimum absolute atomic E-state index is 0.0383. The van der Waals surface area contributed by atoms with E-state index in [2.05, 4.69) is 62.5 Å². The van der Waals surface area contributed by atoms with Crippen LogP contribution in [0.15, 0.2) is 46.6 Å². The third-order valence-corrected chi connectivity index (χ3v) is 6.72. The van der Waals surface area contributed by atoms with Gasteiger partial charge in [0.1, 0.15) is 5.75 Å². The lowest BCUT2D eigenvalue weighted by molar-refractivity contribution is -0.137. The van der Waals surface area contributed by atoms with Gasteiger partial charge in [0.05, 0.1) is 11.4 Å². The molecule has 0 radical (unpaired) electrons. The standard InChI is InChI=1S/C25H25IN4O4/c1-15-23(25(34)30(29-15)12-4-9-22(31)32)28-27-21-8-3-7-19(24(21)33)17-11-10-16-5-2-6-18(14-26)20(16)13-17/h2-3,5-8,13,27,33H,4,9-12,14H2,1H3,(H,31,32)/b28-23-. The fourth-order valence-electron chi connectivity index (χ4n) is 4.13. The molecule has 2 aromatic carbocycles. The van der Waals surface area contributed by atoms with E-state index in [4.69, 9.17) is 5.11 Å². The summed E-state index contributed by atoms with van der Waals surface area (Å²) < 4.78 is 0.915. The predicted octanol–water partition coefficient (Wildman–Crippen LogP) is 4.66. The molecule has 0 aromatic heterocycles. The number of hydrogen-bond donors (Lipinski definition) is 3. The number of nitrogens with one attached hydrogen (secondary N) is 1. The number of phenolic OH excluding ortho intramolecular Hbond substituents is 1. The Morgan fingerprint density at radius 1 is 1.24 bits per heavy atom. The molecule has 8 nitrogen and oxygen atoms in total. The van der Waals surface area contributed by atoms with Crippen LogP contribution in [0.3, 0.4) is 0 Å². The highest BCUT2D eigenvalue weighted by atomic mass is 127. The number of phenols is 1. The summed E-state index contributed by atoms with van der Waals surface area (Å²) in [6.45, 7) is 1.87. The maximum Gasteiger partial charge on any atom is 0.303 e. The number of aromatic hydroxyl groups is 1. The molecule has 0 unspecified atom stereocenters. The van der Waals surface area contributed by atoms with Gasteiger partial charge in [-0.1, -0.05) is 59.0 Å². The summed E-state index contributed by atoms with van der Waals surface area (Å²) in [7, 11) is 0. The zero-order chi connectivity index (χ0) is 24.2. The molecule has 0 spiro atoms. The Labute approximate surface area is 211 Å². The molecule has 9 heteroatoms. The molecule has 0 fully saturated rings. The number of alkyl halides is 1. The van der Waals surface area contributed by atoms with Gasteiger partial charge in [-0.15, -0.1) is 0 Å². The molecular weight excluding hydrogens is 547 g/mol. The largest absolute Gasteiger partial charge is 0.505 e. The van der Waals surface area contributed by atoms with Crippen molar-refractivity contribution in [2.75, 3.05) is 12.0 Å². The first-order valence-corrected chi connectivity index (χ1v) is 12.5. The number of carboxylic acids is 1. The molecule has 3 N–H and O–H groups in total. The van der Waals surface area contributed by atoms with Gasteiger partial charge in [0.25, 0.3) is 5.91 Å². The first-order valence-electron chi connectivity index (χ1n) is 11.0. The summed E-state index contributed by atoms with van der Waals surface area (Å²) >= 11 is 2.37. The first kappa shape index (κ1) is 23.9. The molecule has 1 heterocycles. The van der Waals surface area contributed by atoms with E-state index >= 15 is 0 Å². The van der Waals surface area contributed by atoms with Crippen molar-refractivity contribution in [3.05, 3.63) is 58.7 Å². The molecule has 176 valence electrons. The van der Waals surface area contributed by atoms with E-state index in [1.54, 1.807) is 13.0 Å². The number of fused-ring (bicyclic) bond motifs is 1. The molecule has 0 saturated carbocycles. The second kappa shape index (κ2) is 10.4. The zero-order valence-electron chi connectivity index (χ0n) is 18.7. The number of carboxylic acid groups (broad SMARTS) is 1. The van der Waals surface area contributed by atoms with E-state index in [1.807, 2.05) is 12.1 Å². The Kier molecular flexibility index (Phi) is 7.30. The van der Waals surface area contributed by atoms with Gasteiger partial charge in [0, 0.05) is 23.0 Å². The number of halogens is 1. The Balaban J connectivity index is 1.54. The summed E-state index contributed by atoms with van der Waals surface area (Å²) in [5, 5.41) is 29.4. The molecule has 2 aliphatic rings. The number of nitrogens with zero attached hydrogens (tertiary/aromatic N) is 3. The topological polar surface area (TPSA) is 115 Å². The van der Waals surface area contributed by atoms with E-state index in [1.165, 1.54) is 21.7 Å². The normalized spacial score (nSPS) is 16.4. The Hall–Kier alpha value is -3.21. The second-order valence-corrected chi connectivity index (χ2v) is 8.94. The van der Waals surface area contributed by atoms with Gasteiger partial charge in [-0.3, -0.25) is 15.0 Å². The van der Waals surface area contributed by atoms with Crippen LogP contribution in [0.25, 0.3) is 11.6 Å². The molecule has 2 aromatic rings. The molecular formula is C25H25IN4O4. The molecule has 4 rings (SSSR count). The van der Waals surface area contributed by atoms with Crippen LogP contribution in [0, 0.1) is 0 Å². The lowest BCUT2D eigenvalue weighted by Gasteiger charge is -2.20. The number of amides is 1. The average Bonchev–Trinajstić information content (AvgIpc) is 3.09. The SMILES string of the molecule is CC1=NN(CCCC(=O)O)C(=O)/C1=N\Nc1cccc(C2=Cc3c(CI)cccc3CC2)c1O. The van der Waals surface area contributed by atoms with Crippen LogP contribution in [0.2, 0.25) is 0 Å². The zero-order valence-corrected chi connectivity index (χ0v) is 20.9. The third-order valence-electron chi connectivity index (χ3n) is 5.89.